The van der Waals surface area contributed by atoms with Crippen molar-refractivity contribution < 1.29 is 17.9 Å². The molecule has 0 atom stereocenters. The SMILES string of the molecule is CCN(C(=O)CN(CCOC)S(C)(=O)=O)c1cccc(C)c1. The number of ether oxygens (including phenoxy) is 1. The molecule has 0 bridgehead atoms. The molecule has 0 saturated carbocycles. The van der Waals surface area contributed by atoms with E-state index in [1.54, 1.807) is 4.90 Å². The van der Waals surface area contributed by atoms with Crippen LogP contribution in [0.2, 0.25) is 0 Å². The third-order valence-corrected chi connectivity index (χ3v) is 4.51. The van der Waals surface area contributed by atoms with E-state index in [2.05, 4.69) is 0 Å². The van der Waals surface area contributed by atoms with Gasteiger partial charge in [0, 0.05) is 25.9 Å². The average Bonchev–Trinajstić information content (AvgIpc) is 2.43. The van der Waals surface area contributed by atoms with Crippen LogP contribution in [-0.2, 0) is 19.6 Å². The second-order valence-corrected chi connectivity index (χ2v) is 7.05. The zero-order chi connectivity index (χ0) is 16.8. The van der Waals surface area contributed by atoms with Gasteiger partial charge in [-0.15, -0.1) is 0 Å². The molecule has 124 valence electrons. The van der Waals surface area contributed by atoms with Gasteiger partial charge in [-0.05, 0) is 31.5 Å². The number of nitrogens with zero attached hydrogens (tertiary/aromatic N) is 2. The lowest BCUT2D eigenvalue weighted by Crippen LogP contribution is -2.43. The van der Waals surface area contributed by atoms with Gasteiger partial charge >= 0.3 is 0 Å². The number of anilines is 1. The van der Waals surface area contributed by atoms with Gasteiger partial charge in [-0.1, -0.05) is 12.1 Å². The van der Waals surface area contributed by atoms with Crippen LogP contribution in [-0.4, -0.2) is 58.2 Å². The minimum atomic E-state index is -3.46. The number of sulfonamides is 1. The predicted octanol–water partition coefficient (Wildman–Crippen LogP) is 1.26. The zero-order valence-electron chi connectivity index (χ0n) is 13.6. The van der Waals surface area contributed by atoms with Crippen molar-refractivity contribution in [2.75, 3.05) is 44.5 Å². The molecule has 0 spiro atoms. The van der Waals surface area contributed by atoms with Crippen molar-refractivity contribution in [3.63, 3.8) is 0 Å². The third kappa shape index (κ3) is 5.40. The fourth-order valence-corrected chi connectivity index (χ4v) is 2.84. The van der Waals surface area contributed by atoms with Gasteiger partial charge in [-0.25, -0.2) is 8.42 Å². The third-order valence-electron chi connectivity index (χ3n) is 3.26. The lowest BCUT2D eigenvalue weighted by atomic mass is 10.2. The van der Waals surface area contributed by atoms with Crippen LogP contribution in [0.5, 0.6) is 0 Å². The van der Waals surface area contributed by atoms with Crippen molar-refractivity contribution in [2.24, 2.45) is 0 Å². The molecule has 0 radical (unpaired) electrons. The summed E-state index contributed by atoms with van der Waals surface area (Å²) in [6.07, 6.45) is 1.10. The van der Waals surface area contributed by atoms with E-state index >= 15 is 0 Å². The molecule has 0 N–H and O–H groups in total. The standard InChI is InChI=1S/C15H24N2O4S/c1-5-17(14-8-6-7-13(2)11-14)15(18)12-16(9-10-21-3)22(4,19)20/h6-8,11H,5,9-10,12H2,1-4H3. The highest BCUT2D eigenvalue weighted by Gasteiger charge is 2.23. The molecule has 7 heteroatoms. The molecule has 0 aliphatic heterocycles. The van der Waals surface area contributed by atoms with Crippen molar-refractivity contribution >= 4 is 21.6 Å². The Bertz CT molecular complexity index is 601. The number of benzene rings is 1. The summed E-state index contributed by atoms with van der Waals surface area (Å²) in [5, 5.41) is 0. The number of hydrogen-bond donors (Lipinski definition) is 0. The summed E-state index contributed by atoms with van der Waals surface area (Å²) in [6.45, 7) is 4.50. The molecule has 1 aromatic carbocycles. The molecule has 0 heterocycles. The summed E-state index contributed by atoms with van der Waals surface area (Å²) in [5.41, 5.74) is 1.82. The molecular weight excluding hydrogens is 304 g/mol. The van der Waals surface area contributed by atoms with Crippen LogP contribution in [0, 0.1) is 6.92 Å². The highest BCUT2D eigenvalue weighted by atomic mass is 32.2. The van der Waals surface area contributed by atoms with Gasteiger partial charge in [0.1, 0.15) is 0 Å². The maximum absolute atomic E-state index is 12.5. The molecule has 6 nitrogen and oxygen atoms in total. The largest absolute Gasteiger partial charge is 0.383 e. The van der Waals surface area contributed by atoms with Crippen LogP contribution in [0.4, 0.5) is 5.69 Å². The highest BCUT2D eigenvalue weighted by molar-refractivity contribution is 7.88. The maximum Gasteiger partial charge on any atom is 0.242 e. The lowest BCUT2D eigenvalue weighted by molar-refractivity contribution is -0.118. The lowest BCUT2D eigenvalue weighted by Gasteiger charge is -2.25. The van der Waals surface area contributed by atoms with E-state index in [0.29, 0.717) is 6.54 Å². The Labute approximate surface area is 132 Å². The minimum absolute atomic E-state index is 0.159. The quantitative estimate of drug-likeness (QED) is 0.720. The smallest absolute Gasteiger partial charge is 0.242 e. The number of amides is 1. The van der Waals surface area contributed by atoms with E-state index in [4.69, 9.17) is 4.74 Å². The molecule has 0 aliphatic rings. The second kappa shape index (κ2) is 8.26. The Kier molecular flexibility index (Phi) is 6.99. The summed E-state index contributed by atoms with van der Waals surface area (Å²) in [7, 11) is -1.97. The van der Waals surface area contributed by atoms with Crippen molar-refractivity contribution in [3.8, 4) is 0 Å². The molecule has 0 aromatic heterocycles. The monoisotopic (exact) mass is 328 g/mol. The van der Waals surface area contributed by atoms with Crippen molar-refractivity contribution in [1.82, 2.24) is 4.31 Å². The minimum Gasteiger partial charge on any atom is -0.383 e. The van der Waals surface area contributed by atoms with Crippen LogP contribution >= 0.6 is 0 Å². The van der Waals surface area contributed by atoms with E-state index < -0.39 is 10.0 Å². The normalized spacial score (nSPS) is 11.7. The van der Waals surface area contributed by atoms with Gasteiger partial charge in [0.2, 0.25) is 15.9 Å². The first-order valence-electron chi connectivity index (χ1n) is 7.10. The number of likely N-dealkylation sites (N-methyl/N-ethyl adjacent to an activating group) is 1. The van der Waals surface area contributed by atoms with Gasteiger partial charge < -0.3 is 9.64 Å². The molecule has 0 saturated heterocycles. The van der Waals surface area contributed by atoms with Gasteiger partial charge in [0.15, 0.2) is 0 Å². The first-order valence-corrected chi connectivity index (χ1v) is 8.95. The van der Waals surface area contributed by atoms with Gasteiger partial charge in [0.05, 0.1) is 19.4 Å². The van der Waals surface area contributed by atoms with Crippen molar-refractivity contribution in [2.45, 2.75) is 13.8 Å². The Hall–Kier alpha value is -1.44. The van der Waals surface area contributed by atoms with Crippen LogP contribution < -0.4 is 4.90 Å². The fourth-order valence-electron chi connectivity index (χ4n) is 2.09. The van der Waals surface area contributed by atoms with Crippen LogP contribution in [0.15, 0.2) is 24.3 Å². The van der Waals surface area contributed by atoms with E-state index in [-0.39, 0.29) is 25.6 Å². The topological polar surface area (TPSA) is 66.9 Å². The summed E-state index contributed by atoms with van der Waals surface area (Å²) >= 11 is 0. The molecule has 1 aromatic rings. The molecule has 22 heavy (non-hydrogen) atoms. The molecule has 1 rings (SSSR count). The number of methoxy groups -OCH3 is 1. The first-order chi connectivity index (χ1) is 10.3. The molecule has 0 unspecified atom stereocenters. The van der Waals surface area contributed by atoms with E-state index in [0.717, 1.165) is 21.8 Å². The Morgan fingerprint density at radius 2 is 2.00 bits per heavy atom. The highest BCUT2D eigenvalue weighted by Crippen LogP contribution is 2.16. The van der Waals surface area contributed by atoms with Gasteiger partial charge in [-0.3, -0.25) is 4.79 Å². The number of aryl methyl sites for hydroxylation is 1. The number of hydrogen-bond acceptors (Lipinski definition) is 4. The summed E-state index contributed by atoms with van der Waals surface area (Å²) in [4.78, 5) is 14.1. The average molecular weight is 328 g/mol. The molecule has 1 amide bonds. The van der Waals surface area contributed by atoms with Gasteiger partial charge in [0.25, 0.3) is 0 Å². The van der Waals surface area contributed by atoms with E-state index in [1.807, 2.05) is 38.1 Å². The van der Waals surface area contributed by atoms with Crippen LogP contribution in [0.3, 0.4) is 0 Å². The Morgan fingerprint density at radius 3 is 2.50 bits per heavy atom. The predicted molar refractivity (Wildman–Crippen MR) is 87.5 cm³/mol. The maximum atomic E-state index is 12.5. The molecular formula is C15H24N2O4S. The Balaban J connectivity index is 2.91. The van der Waals surface area contributed by atoms with Crippen molar-refractivity contribution in [1.29, 1.82) is 0 Å². The zero-order valence-corrected chi connectivity index (χ0v) is 14.4. The molecule has 0 fully saturated rings. The van der Waals surface area contributed by atoms with Crippen LogP contribution in [0.25, 0.3) is 0 Å². The number of rotatable bonds is 8. The number of carbonyl (C=O) groups excluding carboxylic acids is 1. The second-order valence-electron chi connectivity index (χ2n) is 5.07. The Morgan fingerprint density at radius 1 is 1.32 bits per heavy atom. The summed E-state index contributed by atoms with van der Waals surface area (Å²) < 4.78 is 29.6. The number of carbonyl (C=O) groups is 1. The summed E-state index contributed by atoms with van der Waals surface area (Å²) in [5.74, 6) is -0.255. The summed E-state index contributed by atoms with van der Waals surface area (Å²) in [6, 6.07) is 7.57. The van der Waals surface area contributed by atoms with E-state index in [1.165, 1.54) is 7.11 Å². The van der Waals surface area contributed by atoms with E-state index in [9.17, 15) is 13.2 Å². The first kappa shape index (κ1) is 18.6. The fraction of sp³-hybridized carbons (Fsp3) is 0.533. The van der Waals surface area contributed by atoms with Gasteiger partial charge in [-0.2, -0.15) is 4.31 Å². The van der Waals surface area contributed by atoms with Crippen LogP contribution in [0.1, 0.15) is 12.5 Å². The van der Waals surface area contributed by atoms with Crippen molar-refractivity contribution in [3.05, 3.63) is 29.8 Å². The molecule has 0 aliphatic carbocycles.